The van der Waals surface area contributed by atoms with Crippen molar-refractivity contribution in [3.05, 3.63) is 71.3 Å². The zero-order valence-corrected chi connectivity index (χ0v) is 14.0. The predicted octanol–water partition coefficient (Wildman–Crippen LogP) is 2.36. The molecule has 0 saturated carbocycles. The molecule has 2 aromatic rings. The first-order valence-electron chi connectivity index (χ1n) is 8.43. The molecule has 5 nitrogen and oxygen atoms in total. The summed E-state index contributed by atoms with van der Waals surface area (Å²) in [5, 5.41) is 12.0. The smallest absolute Gasteiger partial charge is 0.251 e. The van der Waals surface area contributed by atoms with Crippen LogP contribution in [0.1, 0.15) is 27.5 Å². The van der Waals surface area contributed by atoms with Crippen molar-refractivity contribution in [1.82, 2.24) is 10.2 Å². The number of nitriles is 1. The third-order valence-electron chi connectivity index (χ3n) is 4.38. The molecule has 1 N–H and O–H groups in total. The third kappa shape index (κ3) is 4.44. The minimum Gasteiger partial charge on any atom is -0.379 e. The molecule has 25 heavy (non-hydrogen) atoms. The molecule has 0 radical (unpaired) electrons. The SMILES string of the molecule is N#Cc1cccc(C(=O)NC[C@H](c2ccccc2)N2CCOCC2)c1. The van der Waals surface area contributed by atoms with Crippen molar-refractivity contribution in [3.63, 3.8) is 0 Å². The van der Waals surface area contributed by atoms with Gasteiger partial charge in [-0.25, -0.2) is 0 Å². The van der Waals surface area contributed by atoms with E-state index in [0.717, 1.165) is 13.1 Å². The second kappa shape index (κ2) is 8.43. The van der Waals surface area contributed by atoms with Gasteiger partial charge >= 0.3 is 0 Å². The number of rotatable bonds is 5. The molecule has 0 bridgehead atoms. The average Bonchev–Trinajstić information content (AvgIpc) is 2.69. The van der Waals surface area contributed by atoms with Gasteiger partial charge in [-0.15, -0.1) is 0 Å². The Hall–Kier alpha value is -2.68. The molecule has 0 aliphatic carbocycles. The van der Waals surface area contributed by atoms with Gasteiger partial charge in [0.25, 0.3) is 5.91 Å². The summed E-state index contributed by atoms with van der Waals surface area (Å²) in [6.07, 6.45) is 0. The van der Waals surface area contributed by atoms with Gasteiger partial charge in [-0.2, -0.15) is 5.26 Å². The maximum Gasteiger partial charge on any atom is 0.251 e. The van der Waals surface area contributed by atoms with Crippen molar-refractivity contribution in [1.29, 1.82) is 5.26 Å². The van der Waals surface area contributed by atoms with E-state index in [9.17, 15) is 4.79 Å². The van der Waals surface area contributed by atoms with Crippen LogP contribution in [0.5, 0.6) is 0 Å². The zero-order chi connectivity index (χ0) is 17.5. The van der Waals surface area contributed by atoms with Crippen LogP contribution in [0.15, 0.2) is 54.6 Å². The number of carbonyl (C=O) groups excluding carboxylic acids is 1. The number of ether oxygens (including phenoxy) is 1. The summed E-state index contributed by atoms with van der Waals surface area (Å²) in [6.45, 7) is 3.63. The fourth-order valence-electron chi connectivity index (χ4n) is 3.04. The zero-order valence-electron chi connectivity index (χ0n) is 14.0. The second-order valence-corrected chi connectivity index (χ2v) is 5.98. The van der Waals surface area contributed by atoms with Gasteiger partial charge in [-0.1, -0.05) is 36.4 Å². The molecule has 1 heterocycles. The number of nitrogens with one attached hydrogen (secondary N) is 1. The average molecular weight is 335 g/mol. The molecule has 0 aromatic heterocycles. The van der Waals surface area contributed by atoms with Gasteiger partial charge in [0.1, 0.15) is 0 Å². The quantitative estimate of drug-likeness (QED) is 0.911. The molecule has 1 aliphatic heterocycles. The molecule has 5 heteroatoms. The summed E-state index contributed by atoms with van der Waals surface area (Å²) < 4.78 is 5.45. The monoisotopic (exact) mass is 335 g/mol. The number of carbonyl (C=O) groups is 1. The lowest BCUT2D eigenvalue weighted by Gasteiger charge is -2.35. The Bertz CT molecular complexity index is 749. The molecule has 1 atom stereocenters. The van der Waals surface area contributed by atoms with E-state index in [2.05, 4.69) is 28.4 Å². The minimum atomic E-state index is -0.161. The topological polar surface area (TPSA) is 65.4 Å². The van der Waals surface area contributed by atoms with Crippen molar-refractivity contribution < 1.29 is 9.53 Å². The first-order valence-corrected chi connectivity index (χ1v) is 8.43. The number of morpholine rings is 1. The highest BCUT2D eigenvalue weighted by Crippen LogP contribution is 2.21. The number of hydrogen-bond acceptors (Lipinski definition) is 4. The molecule has 1 aliphatic rings. The van der Waals surface area contributed by atoms with Crippen LogP contribution in [0.2, 0.25) is 0 Å². The van der Waals surface area contributed by atoms with Crippen molar-refractivity contribution in [2.75, 3.05) is 32.8 Å². The number of nitrogens with zero attached hydrogens (tertiary/aromatic N) is 2. The summed E-state index contributed by atoms with van der Waals surface area (Å²) in [5.41, 5.74) is 2.17. The Balaban J connectivity index is 1.71. The number of benzene rings is 2. The van der Waals surface area contributed by atoms with Crippen LogP contribution in [-0.4, -0.2) is 43.7 Å². The van der Waals surface area contributed by atoms with Crippen LogP contribution in [0, 0.1) is 11.3 Å². The van der Waals surface area contributed by atoms with Crippen molar-refractivity contribution in [3.8, 4) is 6.07 Å². The lowest BCUT2D eigenvalue weighted by molar-refractivity contribution is 0.0162. The lowest BCUT2D eigenvalue weighted by Crippen LogP contribution is -2.43. The van der Waals surface area contributed by atoms with Crippen LogP contribution in [0.3, 0.4) is 0 Å². The predicted molar refractivity (Wildman–Crippen MR) is 95.1 cm³/mol. The Labute approximate surface area is 147 Å². The molecule has 0 spiro atoms. The van der Waals surface area contributed by atoms with Gasteiger partial charge in [-0.05, 0) is 23.8 Å². The Morgan fingerprint density at radius 2 is 1.92 bits per heavy atom. The second-order valence-electron chi connectivity index (χ2n) is 5.98. The van der Waals surface area contributed by atoms with E-state index < -0.39 is 0 Å². The van der Waals surface area contributed by atoms with Gasteiger partial charge in [0.15, 0.2) is 0 Å². The molecule has 0 unspecified atom stereocenters. The van der Waals surface area contributed by atoms with Gasteiger partial charge in [0.2, 0.25) is 0 Å². The maximum atomic E-state index is 12.5. The molecule has 3 rings (SSSR count). The summed E-state index contributed by atoms with van der Waals surface area (Å²) >= 11 is 0. The lowest BCUT2D eigenvalue weighted by atomic mass is 10.0. The third-order valence-corrected chi connectivity index (χ3v) is 4.38. The molecule has 1 amide bonds. The van der Waals surface area contributed by atoms with Crippen LogP contribution in [-0.2, 0) is 4.74 Å². The molecule has 1 saturated heterocycles. The van der Waals surface area contributed by atoms with Crippen LogP contribution < -0.4 is 5.32 Å². The summed E-state index contributed by atoms with van der Waals surface area (Å²) in [6, 6.07) is 19.1. The Kier molecular flexibility index (Phi) is 5.78. The molecule has 2 aromatic carbocycles. The standard InChI is InChI=1S/C20H21N3O2/c21-14-16-5-4-8-18(13-16)20(24)22-15-19(17-6-2-1-3-7-17)23-9-11-25-12-10-23/h1-8,13,19H,9-12,15H2,(H,22,24)/t19-/m1/s1. The van der Waals surface area contributed by atoms with Gasteiger partial charge in [0, 0.05) is 25.2 Å². The van der Waals surface area contributed by atoms with E-state index in [1.165, 1.54) is 5.56 Å². The minimum absolute atomic E-state index is 0.105. The Morgan fingerprint density at radius 1 is 1.16 bits per heavy atom. The molecule has 128 valence electrons. The van der Waals surface area contributed by atoms with Crippen LogP contribution in [0.4, 0.5) is 0 Å². The van der Waals surface area contributed by atoms with E-state index in [0.29, 0.717) is 30.9 Å². The van der Waals surface area contributed by atoms with Crippen molar-refractivity contribution in [2.45, 2.75) is 6.04 Å². The number of amides is 1. The van der Waals surface area contributed by atoms with E-state index in [1.807, 2.05) is 18.2 Å². The van der Waals surface area contributed by atoms with E-state index in [-0.39, 0.29) is 11.9 Å². The Morgan fingerprint density at radius 3 is 2.64 bits per heavy atom. The maximum absolute atomic E-state index is 12.5. The van der Waals surface area contributed by atoms with Gasteiger partial charge < -0.3 is 10.1 Å². The highest BCUT2D eigenvalue weighted by atomic mass is 16.5. The largest absolute Gasteiger partial charge is 0.379 e. The van der Waals surface area contributed by atoms with Crippen LogP contribution >= 0.6 is 0 Å². The van der Waals surface area contributed by atoms with Gasteiger partial charge in [-0.3, -0.25) is 9.69 Å². The molecular weight excluding hydrogens is 314 g/mol. The normalized spacial score (nSPS) is 16.0. The summed E-state index contributed by atoms with van der Waals surface area (Å²) in [5.74, 6) is -0.161. The fraction of sp³-hybridized carbons (Fsp3) is 0.300. The number of hydrogen-bond donors (Lipinski definition) is 1. The van der Waals surface area contributed by atoms with E-state index >= 15 is 0 Å². The van der Waals surface area contributed by atoms with Crippen molar-refractivity contribution >= 4 is 5.91 Å². The van der Waals surface area contributed by atoms with E-state index in [1.54, 1.807) is 24.3 Å². The fourth-order valence-corrected chi connectivity index (χ4v) is 3.04. The molecular formula is C20H21N3O2. The van der Waals surface area contributed by atoms with Gasteiger partial charge in [0.05, 0.1) is 30.9 Å². The molecule has 1 fully saturated rings. The highest BCUT2D eigenvalue weighted by Gasteiger charge is 2.23. The van der Waals surface area contributed by atoms with Crippen molar-refractivity contribution in [2.24, 2.45) is 0 Å². The summed E-state index contributed by atoms with van der Waals surface area (Å²) in [7, 11) is 0. The highest BCUT2D eigenvalue weighted by molar-refractivity contribution is 5.94. The van der Waals surface area contributed by atoms with Crippen LogP contribution in [0.25, 0.3) is 0 Å². The van der Waals surface area contributed by atoms with E-state index in [4.69, 9.17) is 10.00 Å². The summed E-state index contributed by atoms with van der Waals surface area (Å²) in [4.78, 5) is 14.8. The first-order chi connectivity index (χ1) is 12.3. The first kappa shape index (κ1) is 17.2.